The number of carboxylic acid groups (broad SMARTS) is 1. The third kappa shape index (κ3) is 8.35. The molecule has 202 valence electrons. The Morgan fingerprint density at radius 1 is 0.821 bits per heavy atom. The van der Waals surface area contributed by atoms with Gasteiger partial charge in [0.25, 0.3) is 0 Å². The summed E-state index contributed by atoms with van der Waals surface area (Å²) in [5.41, 5.74) is 5.46. The lowest BCUT2D eigenvalue weighted by Crippen LogP contribution is -2.23. The lowest BCUT2D eigenvalue weighted by atomic mass is 10.1. The van der Waals surface area contributed by atoms with Gasteiger partial charge in [-0.25, -0.2) is 8.42 Å². The number of sulfonamides is 1. The van der Waals surface area contributed by atoms with Crippen molar-refractivity contribution >= 4 is 27.4 Å². The molecule has 0 aliphatic heterocycles. The van der Waals surface area contributed by atoms with Gasteiger partial charge in [0.15, 0.2) is 0 Å². The first-order valence-corrected chi connectivity index (χ1v) is 14.5. The van der Waals surface area contributed by atoms with Gasteiger partial charge in [-0.15, -0.1) is 0 Å². The molecule has 0 fully saturated rings. The number of nitrogens with one attached hydrogen (secondary N) is 1. The summed E-state index contributed by atoms with van der Waals surface area (Å²) in [5.74, 6) is 0.508. The number of rotatable bonds is 12. The molecule has 4 rings (SSSR count). The number of anilines is 2. The van der Waals surface area contributed by atoms with Crippen molar-refractivity contribution in [3.05, 3.63) is 119 Å². The maximum absolute atomic E-state index is 11.9. The van der Waals surface area contributed by atoms with E-state index in [-0.39, 0.29) is 6.42 Å². The van der Waals surface area contributed by atoms with Gasteiger partial charge in [-0.2, -0.15) is 0 Å². The van der Waals surface area contributed by atoms with Gasteiger partial charge in [-0.05, 0) is 72.0 Å². The summed E-state index contributed by atoms with van der Waals surface area (Å²) in [6.45, 7) is 3.16. The van der Waals surface area contributed by atoms with E-state index >= 15 is 0 Å². The molecule has 0 saturated carbocycles. The Labute approximate surface area is 229 Å². The van der Waals surface area contributed by atoms with Crippen LogP contribution in [0.25, 0.3) is 0 Å². The van der Waals surface area contributed by atoms with E-state index in [1.54, 1.807) is 6.07 Å². The number of carboxylic acids is 1. The highest BCUT2D eigenvalue weighted by Gasteiger charge is 2.15. The number of aliphatic carboxylic acids is 1. The number of nitrogens with zero attached hydrogens (tertiary/aromatic N) is 1. The van der Waals surface area contributed by atoms with E-state index in [2.05, 4.69) is 21.8 Å². The minimum absolute atomic E-state index is 0.0737. The van der Waals surface area contributed by atoms with Crippen LogP contribution in [0.4, 0.5) is 11.4 Å². The standard InChI is InChI=1S/C31H32N2O5S/c1-23-29(32-39(2,36)37)12-7-13-30(23)33(21-25-8-4-3-5-9-25)22-26-14-17-27(18-15-26)38-28-11-6-10-24(20-28)16-19-31(34)35/h3-15,17-18,20,32H,16,19,21-22H2,1-2H3,(H,34,35). The van der Waals surface area contributed by atoms with E-state index in [1.165, 1.54) is 0 Å². The van der Waals surface area contributed by atoms with Gasteiger partial charge >= 0.3 is 5.97 Å². The topological polar surface area (TPSA) is 95.9 Å². The predicted octanol–water partition coefficient (Wildman–Crippen LogP) is 6.38. The molecule has 4 aromatic rings. The Morgan fingerprint density at radius 3 is 2.13 bits per heavy atom. The number of aryl methyl sites for hydroxylation is 1. The number of carbonyl (C=O) groups is 1. The first kappa shape index (κ1) is 27.7. The molecule has 4 aromatic carbocycles. The number of hydrogen-bond acceptors (Lipinski definition) is 5. The molecule has 0 saturated heterocycles. The van der Waals surface area contributed by atoms with Crippen LogP contribution in [-0.2, 0) is 34.3 Å². The molecule has 0 bridgehead atoms. The van der Waals surface area contributed by atoms with Crippen LogP contribution in [0.2, 0.25) is 0 Å². The van der Waals surface area contributed by atoms with Crippen molar-refractivity contribution < 1.29 is 23.1 Å². The average Bonchev–Trinajstić information content (AvgIpc) is 2.90. The van der Waals surface area contributed by atoms with E-state index in [9.17, 15) is 13.2 Å². The summed E-state index contributed by atoms with van der Waals surface area (Å²) in [5, 5.41) is 8.93. The normalized spacial score (nSPS) is 11.1. The molecule has 39 heavy (non-hydrogen) atoms. The molecule has 0 atom stereocenters. The Morgan fingerprint density at radius 2 is 1.46 bits per heavy atom. The summed E-state index contributed by atoms with van der Waals surface area (Å²) >= 11 is 0. The van der Waals surface area contributed by atoms with E-state index in [1.807, 2.05) is 85.8 Å². The monoisotopic (exact) mass is 544 g/mol. The summed E-state index contributed by atoms with van der Waals surface area (Å²) in [6, 6.07) is 31.1. The fourth-order valence-corrected chi connectivity index (χ4v) is 4.96. The summed E-state index contributed by atoms with van der Waals surface area (Å²) < 4.78 is 32.4. The Balaban J connectivity index is 1.54. The number of hydrogen-bond donors (Lipinski definition) is 2. The molecule has 0 radical (unpaired) electrons. The third-order valence-corrected chi connectivity index (χ3v) is 6.81. The van der Waals surface area contributed by atoms with Gasteiger partial charge in [0.2, 0.25) is 10.0 Å². The van der Waals surface area contributed by atoms with Crippen molar-refractivity contribution in [2.75, 3.05) is 15.9 Å². The molecule has 0 spiro atoms. The lowest BCUT2D eigenvalue weighted by Gasteiger charge is -2.28. The van der Waals surface area contributed by atoms with Gasteiger partial charge in [0, 0.05) is 25.2 Å². The molecule has 0 amide bonds. The molecule has 7 nitrogen and oxygen atoms in total. The maximum atomic E-state index is 11.9. The van der Waals surface area contributed by atoms with E-state index in [0.717, 1.165) is 34.2 Å². The smallest absolute Gasteiger partial charge is 0.303 e. The highest BCUT2D eigenvalue weighted by Crippen LogP contribution is 2.31. The zero-order valence-corrected chi connectivity index (χ0v) is 22.8. The van der Waals surface area contributed by atoms with E-state index in [0.29, 0.717) is 36.7 Å². The minimum atomic E-state index is -3.41. The van der Waals surface area contributed by atoms with Crippen LogP contribution in [0, 0.1) is 6.92 Å². The van der Waals surface area contributed by atoms with Crippen molar-refractivity contribution in [3.8, 4) is 11.5 Å². The van der Waals surface area contributed by atoms with Crippen LogP contribution < -0.4 is 14.4 Å². The first-order chi connectivity index (χ1) is 18.7. The largest absolute Gasteiger partial charge is 0.481 e. The van der Waals surface area contributed by atoms with Gasteiger partial charge in [-0.1, -0.05) is 60.7 Å². The second-order valence-electron chi connectivity index (χ2n) is 9.45. The number of benzene rings is 4. The highest BCUT2D eigenvalue weighted by molar-refractivity contribution is 7.92. The van der Waals surface area contributed by atoms with Crippen LogP contribution in [0.1, 0.15) is 28.7 Å². The second-order valence-corrected chi connectivity index (χ2v) is 11.2. The Hall–Kier alpha value is -4.30. The molecular weight excluding hydrogens is 512 g/mol. The first-order valence-electron chi connectivity index (χ1n) is 12.6. The van der Waals surface area contributed by atoms with Crippen LogP contribution in [-0.4, -0.2) is 25.7 Å². The Kier molecular flexibility index (Phi) is 8.88. The zero-order chi connectivity index (χ0) is 27.8. The van der Waals surface area contributed by atoms with Gasteiger partial charge in [-0.3, -0.25) is 9.52 Å². The lowest BCUT2D eigenvalue weighted by molar-refractivity contribution is -0.136. The van der Waals surface area contributed by atoms with E-state index < -0.39 is 16.0 Å². The van der Waals surface area contributed by atoms with Crippen LogP contribution in [0.15, 0.2) is 97.1 Å². The zero-order valence-electron chi connectivity index (χ0n) is 22.0. The van der Waals surface area contributed by atoms with Crippen molar-refractivity contribution in [2.24, 2.45) is 0 Å². The quantitative estimate of drug-likeness (QED) is 0.215. The molecule has 8 heteroatoms. The van der Waals surface area contributed by atoms with Crippen molar-refractivity contribution in [3.63, 3.8) is 0 Å². The van der Waals surface area contributed by atoms with Crippen LogP contribution in [0.3, 0.4) is 0 Å². The van der Waals surface area contributed by atoms with Crippen LogP contribution in [0.5, 0.6) is 11.5 Å². The SMILES string of the molecule is Cc1c(NS(C)(=O)=O)cccc1N(Cc1ccccc1)Cc1ccc(Oc2cccc(CCC(=O)O)c2)cc1. The predicted molar refractivity (Wildman–Crippen MR) is 155 cm³/mol. The van der Waals surface area contributed by atoms with Gasteiger partial charge in [0.1, 0.15) is 11.5 Å². The second kappa shape index (κ2) is 12.5. The molecule has 0 aliphatic carbocycles. The van der Waals surface area contributed by atoms with Crippen molar-refractivity contribution in [1.82, 2.24) is 0 Å². The van der Waals surface area contributed by atoms with Crippen LogP contribution >= 0.6 is 0 Å². The fourth-order valence-electron chi connectivity index (χ4n) is 4.34. The molecule has 0 aliphatic rings. The highest BCUT2D eigenvalue weighted by atomic mass is 32.2. The van der Waals surface area contributed by atoms with Crippen molar-refractivity contribution in [1.29, 1.82) is 0 Å². The third-order valence-electron chi connectivity index (χ3n) is 6.22. The molecule has 0 aromatic heterocycles. The number of ether oxygens (including phenoxy) is 1. The van der Waals surface area contributed by atoms with Gasteiger partial charge < -0.3 is 14.7 Å². The summed E-state index contributed by atoms with van der Waals surface area (Å²) in [6.07, 6.45) is 1.67. The maximum Gasteiger partial charge on any atom is 0.303 e. The van der Waals surface area contributed by atoms with Crippen molar-refractivity contribution in [2.45, 2.75) is 32.9 Å². The molecule has 2 N–H and O–H groups in total. The summed E-state index contributed by atoms with van der Waals surface area (Å²) in [7, 11) is -3.41. The minimum Gasteiger partial charge on any atom is -0.481 e. The average molecular weight is 545 g/mol. The molecular formula is C31H32N2O5S. The Bertz CT molecular complexity index is 1520. The summed E-state index contributed by atoms with van der Waals surface area (Å²) in [4.78, 5) is 13.1. The molecule has 0 unspecified atom stereocenters. The molecule has 0 heterocycles. The van der Waals surface area contributed by atoms with E-state index in [4.69, 9.17) is 9.84 Å². The fraction of sp³-hybridized carbons (Fsp3) is 0.194. The van der Waals surface area contributed by atoms with Gasteiger partial charge in [0.05, 0.1) is 11.9 Å².